The van der Waals surface area contributed by atoms with Crippen molar-refractivity contribution in [1.29, 1.82) is 0 Å². The fourth-order valence-electron chi connectivity index (χ4n) is 21.0. The minimum absolute atomic E-state index is 0.898. The first-order valence-corrected chi connectivity index (χ1v) is 46.3. The molecule has 0 unspecified atom stereocenters. The lowest BCUT2D eigenvalue weighted by atomic mass is 9.85. The fourth-order valence-corrected chi connectivity index (χ4v) is 21.0. The van der Waals surface area contributed by atoms with Crippen LogP contribution in [0.2, 0.25) is 0 Å². The lowest BCUT2D eigenvalue weighted by Crippen LogP contribution is -1.90. The predicted molar refractivity (Wildman–Crippen MR) is 571 cm³/mol. The summed E-state index contributed by atoms with van der Waals surface area (Å²) in [6.45, 7) is 0. The van der Waals surface area contributed by atoms with Crippen LogP contribution >= 0.6 is 0 Å². The predicted octanol–water partition coefficient (Wildman–Crippen LogP) is 37.7. The van der Waals surface area contributed by atoms with E-state index in [-0.39, 0.29) is 0 Å². The monoisotopic (exact) mass is 1720 g/mol. The molecule has 3 nitrogen and oxygen atoms in total. The van der Waals surface area contributed by atoms with Gasteiger partial charge in [-0.15, -0.1) is 0 Å². The smallest absolute Gasteiger partial charge is 0.136 e. The number of hydrogen-bond donors (Lipinski definition) is 0. The summed E-state index contributed by atoms with van der Waals surface area (Å²) in [4.78, 5) is 0. The molecule has 24 aromatic carbocycles. The minimum Gasteiger partial charge on any atom is -0.456 e. The normalized spacial score (nSPS) is 11.6. The first-order valence-electron chi connectivity index (χ1n) is 46.3. The Labute approximate surface area is 781 Å². The average molecular weight is 1720 g/mol. The molecule has 0 fully saturated rings. The van der Waals surface area contributed by atoms with Crippen molar-refractivity contribution in [3.63, 3.8) is 0 Å². The number of benzene rings is 24. The summed E-state index contributed by atoms with van der Waals surface area (Å²) in [7, 11) is 0. The third-order valence-corrected chi connectivity index (χ3v) is 27.2. The highest BCUT2D eigenvalue weighted by Crippen LogP contribution is 2.51. The molecule has 0 spiro atoms. The van der Waals surface area contributed by atoms with Crippen LogP contribution in [0.15, 0.2) is 523 Å². The summed E-state index contributed by atoms with van der Waals surface area (Å²) in [5, 5.41) is 21.9. The molecular formula is C132H84O3. The van der Waals surface area contributed by atoms with E-state index in [9.17, 15) is 0 Å². The molecule has 0 bridgehead atoms. The molecule has 0 N–H and O–H groups in total. The Morgan fingerprint density at radius 2 is 0.311 bits per heavy atom. The van der Waals surface area contributed by atoms with E-state index in [1.807, 2.05) is 0 Å². The van der Waals surface area contributed by atoms with E-state index in [1.54, 1.807) is 0 Å². The van der Waals surface area contributed by atoms with Gasteiger partial charge in [-0.2, -0.15) is 0 Å². The number of hydrogen-bond acceptors (Lipinski definition) is 3. The van der Waals surface area contributed by atoms with Crippen LogP contribution in [0, 0.1) is 0 Å². The van der Waals surface area contributed by atoms with Gasteiger partial charge in [-0.25, -0.2) is 0 Å². The van der Waals surface area contributed by atoms with Crippen LogP contribution < -0.4 is 0 Å². The van der Waals surface area contributed by atoms with E-state index in [4.69, 9.17) is 13.3 Å². The van der Waals surface area contributed by atoms with Crippen molar-refractivity contribution >= 4 is 130 Å². The van der Waals surface area contributed by atoms with Crippen molar-refractivity contribution in [2.75, 3.05) is 0 Å². The Hall–Kier alpha value is -17.8. The van der Waals surface area contributed by atoms with Gasteiger partial charge in [0.25, 0.3) is 0 Å². The second-order valence-electron chi connectivity index (χ2n) is 35.0. The quantitative estimate of drug-likeness (QED) is 0.114. The molecule has 0 aliphatic heterocycles. The highest BCUT2D eigenvalue weighted by Gasteiger charge is 2.25. The first-order chi connectivity index (χ1) is 67.0. The molecular weight excluding hydrogens is 1630 g/mol. The zero-order chi connectivity index (χ0) is 89.2. The molecule has 135 heavy (non-hydrogen) atoms. The fraction of sp³-hybridized carbons (Fsp3) is 0. The van der Waals surface area contributed by atoms with Gasteiger partial charge >= 0.3 is 0 Å². The van der Waals surface area contributed by atoms with Crippen LogP contribution in [-0.2, 0) is 0 Å². The largest absolute Gasteiger partial charge is 0.456 e. The molecule has 630 valence electrons. The summed E-state index contributed by atoms with van der Waals surface area (Å²) >= 11 is 0. The SMILES string of the molecule is c1ccc(-c2ccc(-c3ccc4c(c3)oc3ccc(-c5c6ccccc6c(-c6ccccc6)c6ccccc56)cc34)cc2)cc1.c1ccc(-c2cccc(-c3ccc4oc5ccc(-c6c7ccccc7c(-c7ccccc7)c7ccccc67)cc5c4c3)c2)cc1.c1ccc(-c2cccc(-c3cccc4oc5ccc(-c6c7ccccc7c(-c7ccccc7)c7ccccc67)cc5c34)c2)cc1. The zero-order valence-electron chi connectivity index (χ0n) is 73.7. The third-order valence-electron chi connectivity index (χ3n) is 27.2. The summed E-state index contributed by atoms with van der Waals surface area (Å²) in [5.41, 5.74) is 34.6. The van der Waals surface area contributed by atoms with Crippen molar-refractivity contribution < 1.29 is 13.3 Å². The third kappa shape index (κ3) is 14.3. The molecule has 27 rings (SSSR count). The molecule has 3 aromatic heterocycles. The van der Waals surface area contributed by atoms with Gasteiger partial charge in [0.15, 0.2) is 0 Å². The molecule has 0 saturated heterocycles. The van der Waals surface area contributed by atoms with Gasteiger partial charge in [-0.1, -0.05) is 431 Å². The van der Waals surface area contributed by atoms with E-state index in [0.717, 1.165) is 71.4 Å². The topological polar surface area (TPSA) is 39.4 Å². The van der Waals surface area contributed by atoms with Crippen LogP contribution in [0.3, 0.4) is 0 Å². The number of fused-ring (bicyclic) bond motifs is 15. The van der Waals surface area contributed by atoms with Gasteiger partial charge in [0.05, 0.1) is 0 Å². The average Bonchev–Trinajstić information content (AvgIpc) is 1.68. The van der Waals surface area contributed by atoms with E-state index in [2.05, 4.69) is 510 Å². The van der Waals surface area contributed by atoms with Crippen LogP contribution in [0.25, 0.3) is 264 Å². The Morgan fingerprint density at radius 1 is 0.0963 bits per heavy atom. The second kappa shape index (κ2) is 33.9. The van der Waals surface area contributed by atoms with E-state index in [1.165, 1.54) is 193 Å². The van der Waals surface area contributed by atoms with Crippen LogP contribution in [-0.4, -0.2) is 0 Å². The van der Waals surface area contributed by atoms with Crippen LogP contribution in [0.1, 0.15) is 0 Å². The van der Waals surface area contributed by atoms with Crippen molar-refractivity contribution in [2.45, 2.75) is 0 Å². The van der Waals surface area contributed by atoms with Crippen molar-refractivity contribution in [2.24, 2.45) is 0 Å². The standard InChI is InChI=1S/3C44H28O/c1-3-13-29(14-4-1)31-17-11-18-32(27-31)34-23-12-24-41-44(34)39-28-33(25-26-40(39)45-41)43-37-21-9-7-19-35(37)42(30-15-5-2-6-16-30)36-20-8-10-22-38(36)43;1-3-12-29(13-4-1)31-16-11-17-32(26-31)33-22-24-41-39(27-33)40-28-34(23-25-42(40)45-41)44-37-20-9-7-18-35(37)43(30-14-5-2-6-15-30)36-19-8-10-21-38(36)44;1-3-11-29(12-4-1)30-19-21-31(22-20-30)33-23-25-35-40-27-34(24-26-41(40)45-42(35)28-33)44-38-17-9-7-15-36(38)43(32-13-5-2-6-14-32)37-16-8-10-18-39(37)44/h3*1-28H. The Morgan fingerprint density at radius 3 is 0.689 bits per heavy atom. The van der Waals surface area contributed by atoms with E-state index >= 15 is 0 Å². The molecule has 0 aliphatic rings. The lowest BCUT2D eigenvalue weighted by Gasteiger charge is -2.17. The van der Waals surface area contributed by atoms with Gasteiger partial charge in [0.1, 0.15) is 33.5 Å². The molecule has 3 heteroatoms. The maximum Gasteiger partial charge on any atom is 0.136 e. The molecule has 27 aromatic rings. The molecule has 0 amide bonds. The summed E-state index contributed by atoms with van der Waals surface area (Å²) in [5.74, 6) is 0. The Kier molecular flexibility index (Phi) is 20.0. The molecule has 0 aliphatic carbocycles. The maximum absolute atomic E-state index is 6.47. The van der Waals surface area contributed by atoms with Crippen molar-refractivity contribution in [1.82, 2.24) is 0 Å². The number of furan rings is 3. The first kappa shape index (κ1) is 79.4. The van der Waals surface area contributed by atoms with Gasteiger partial charge in [-0.3, -0.25) is 0 Å². The van der Waals surface area contributed by atoms with Gasteiger partial charge < -0.3 is 13.3 Å². The van der Waals surface area contributed by atoms with E-state index in [0.29, 0.717) is 0 Å². The molecule has 0 saturated carbocycles. The Bertz CT molecular complexity index is 9080. The van der Waals surface area contributed by atoms with Gasteiger partial charge in [0, 0.05) is 32.3 Å². The molecule has 3 heterocycles. The van der Waals surface area contributed by atoms with Gasteiger partial charge in [-0.05, 0) is 277 Å². The highest BCUT2D eigenvalue weighted by atomic mass is 16.3. The summed E-state index contributed by atoms with van der Waals surface area (Å²) in [6.07, 6.45) is 0. The van der Waals surface area contributed by atoms with Crippen molar-refractivity contribution in [3.8, 4) is 134 Å². The van der Waals surface area contributed by atoms with Crippen molar-refractivity contribution in [3.05, 3.63) is 510 Å². The van der Waals surface area contributed by atoms with Gasteiger partial charge in [0.2, 0.25) is 0 Å². The minimum atomic E-state index is 0.898. The lowest BCUT2D eigenvalue weighted by molar-refractivity contribution is 0.668. The summed E-state index contributed by atoms with van der Waals surface area (Å²) in [6, 6.07) is 183. The number of rotatable bonds is 12. The summed E-state index contributed by atoms with van der Waals surface area (Å²) < 4.78 is 19.3. The zero-order valence-corrected chi connectivity index (χ0v) is 73.7. The van der Waals surface area contributed by atoms with Crippen LogP contribution in [0.5, 0.6) is 0 Å². The van der Waals surface area contributed by atoms with Crippen LogP contribution in [0.4, 0.5) is 0 Å². The Balaban J connectivity index is 0.000000108. The second-order valence-corrected chi connectivity index (χ2v) is 35.0. The highest BCUT2D eigenvalue weighted by molar-refractivity contribution is 6.26. The maximum atomic E-state index is 6.47. The molecule has 0 radical (unpaired) electrons. The van der Waals surface area contributed by atoms with E-state index < -0.39 is 0 Å². The molecule has 0 atom stereocenters.